The maximum Gasteiger partial charge on any atom is 0.241 e. The van der Waals surface area contributed by atoms with Crippen LogP contribution in [0.2, 0.25) is 0 Å². The fourth-order valence-corrected chi connectivity index (χ4v) is 1.22. The number of rotatable bonds is 4. The van der Waals surface area contributed by atoms with Crippen molar-refractivity contribution in [1.29, 1.82) is 5.26 Å². The van der Waals surface area contributed by atoms with Crippen LogP contribution in [0.5, 0.6) is 0 Å². The molecule has 0 bridgehead atoms. The van der Waals surface area contributed by atoms with Gasteiger partial charge in [-0.15, -0.1) is 6.42 Å². The molecule has 0 aliphatic carbocycles. The Balaban J connectivity index is 4.87. The lowest BCUT2D eigenvalue weighted by atomic mass is 9.82. The Morgan fingerprint density at radius 2 is 1.87 bits per heavy atom. The zero-order valence-electron chi connectivity index (χ0n) is 9.85. The molecule has 0 aliphatic rings. The van der Waals surface area contributed by atoms with Crippen molar-refractivity contribution in [3.05, 3.63) is 0 Å². The first kappa shape index (κ1) is 13.5. The summed E-state index contributed by atoms with van der Waals surface area (Å²) < 4.78 is 0. The average Bonchev–Trinajstić information content (AvgIpc) is 2.21. The highest BCUT2D eigenvalue weighted by atomic mass is 16.2. The summed E-state index contributed by atoms with van der Waals surface area (Å²) in [7, 11) is 0. The zero-order chi connectivity index (χ0) is 12.1. The van der Waals surface area contributed by atoms with E-state index in [1.165, 1.54) is 0 Å². The van der Waals surface area contributed by atoms with Gasteiger partial charge in [-0.25, -0.2) is 0 Å². The molecule has 0 aromatic heterocycles. The molecule has 0 spiro atoms. The van der Waals surface area contributed by atoms with E-state index in [4.69, 9.17) is 11.7 Å². The summed E-state index contributed by atoms with van der Waals surface area (Å²) in [5.41, 5.74) is -1.66. The lowest BCUT2D eigenvalue weighted by molar-refractivity contribution is -0.129. The number of terminal acetylenes is 1. The molecule has 3 heteroatoms. The van der Waals surface area contributed by atoms with Gasteiger partial charge in [-0.05, 0) is 26.7 Å². The van der Waals surface area contributed by atoms with Gasteiger partial charge >= 0.3 is 0 Å². The van der Waals surface area contributed by atoms with Crippen LogP contribution in [-0.2, 0) is 4.79 Å². The predicted molar refractivity (Wildman–Crippen MR) is 59.7 cm³/mol. The van der Waals surface area contributed by atoms with E-state index in [9.17, 15) is 4.79 Å². The fraction of sp³-hybridized carbons (Fsp3) is 0.667. The van der Waals surface area contributed by atoms with Crippen molar-refractivity contribution in [3.63, 3.8) is 0 Å². The van der Waals surface area contributed by atoms with Crippen LogP contribution in [0.3, 0.4) is 0 Å². The molecule has 0 saturated heterocycles. The molecule has 0 rings (SSSR count). The molecular weight excluding hydrogens is 188 g/mol. The van der Waals surface area contributed by atoms with Crippen LogP contribution in [-0.4, -0.2) is 11.4 Å². The molecule has 0 aliphatic heterocycles. The quantitative estimate of drug-likeness (QED) is 0.714. The fourth-order valence-electron chi connectivity index (χ4n) is 1.22. The first-order valence-electron chi connectivity index (χ1n) is 5.09. The van der Waals surface area contributed by atoms with Gasteiger partial charge in [-0.1, -0.05) is 19.8 Å². The molecule has 0 heterocycles. The molecule has 0 atom stereocenters. The van der Waals surface area contributed by atoms with Gasteiger partial charge in [0.15, 0.2) is 0 Å². The van der Waals surface area contributed by atoms with Crippen molar-refractivity contribution in [1.82, 2.24) is 5.32 Å². The second-order valence-corrected chi connectivity index (χ2v) is 4.12. The van der Waals surface area contributed by atoms with E-state index in [2.05, 4.69) is 17.3 Å². The molecule has 3 nitrogen and oxygen atoms in total. The first-order valence-corrected chi connectivity index (χ1v) is 5.09. The Labute approximate surface area is 91.9 Å². The Morgan fingerprint density at radius 1 is 1.40 bits per heavy atom. The minimum atomic E-state index is -0.950. The van der Waals surface area contributed by atoms with Crippen LogP contribution in [0.4, 0.5) is 0 Å². The number of hydrogen-bond acceptors (Lipinski definition) is 2. The molecule has 0 saturated carbocycles. The van der Waals surface area contributed by atoms with Gasteiger partial charge in [0.25, 0.3) is 0 Å². The molecule has 1 amide bonds. The summed E-state index contributed by atoms with van der Waals surface area (Å²) in [6.07, 6.45) is 6.26. The highest BCUT2D eigenvalue weighted by Gasteiger charge is 2.37. The topological polar surface area (TPSA) is 52.9 Å². The van der Waals surface area contributed by atoms with Gasteiger partial charge in [-0.3, -0.25) is 4.79 Å². The minimum Gasteiger partial charge on any atom is -0.339 e. The Bertz CT molecular complexity index is 313. The van der Waals surface area contributed by atoms with Crippen LogP contribution in [0.15, 0.2) is 0 Å². The SMILES string of the molecule is C#CC(C)(C)NC(=O)C(C#N)(CC)CC. The summed E-state index contributed by atoms with van der Waals surface area (Å²) in [5.74, 6) is 2.20. The molecule has 15 heavy (non-hydrogen) atoms. The molecule has 0 radical (unpaired) electrons. The maximum atomic E-state index is 11.9. The van der Waals surface area contributed by atoms with Gasteiger partial charge < -0.3 is 5.32 Å². The van der Waals surface area contributed by atoms with E-state index >= 15 is 0 Å². The molecular formula is C12H18N2O. The molecule has 0 fully saturated rings. The summed E-state index contributed by atoms with van der Waals surface area (Å²) in [4.78, 5) is 11.9. The van der Waals surface area contributed by atoms with E-state index in [1.54, 1.807) is 13.8 Å². The smallest absolute Gasteiger partial charge is 0.241 e. The number of amides is 1. The van der Waals surface area contributed by atoms with Gasteiger partial charge in [0.05, 0.1) is 11.6 Å². The van der Waals surface area contributed by atoms with Crippen LogP contribution in [0.25, 0.3) is 0 Å². The number of hydrogen-bond donors (Lipinski definition) is 1. The van der Waals surface area contributed by atoms with Crippen molar-refractivity contribution in [2.45, 2.75) is 46.1 Å². The standard InChI is InChI=1S/C12H18N2O/c1-6-11(4,5)14-10(15)12(7-2,8-3)9-13/h1H,7-8H2,2-5H3,(H,14,15). The van der Waals surface area contributed by atoms with Gasteiger partial charge in [0.1, 0.15) is 5.41 Å². The first-order chi connectivity index (χ1) is 6.87. The highest BCUT2D eigenvalue weighted by molar-refractivity contribution is 5.86. The second kappa shape index (κ2) is 4.84. The third-order valence-electron chi connectivity index (χ3n) is 2.64. The van der Waals surface area contributed by atoms with Crippen molar-refractivity contribution >= 4 is 5.91 Å². The zero-order valence-corrected chi connectivity index (χ0v) is 9.85. The Morgan fingerprint density at radius 3 is 2.13 bits per heavy atom. The highest BCUT2D eigenvalue weighted by Crippen LogP contribution is 2.26. The van der Waals surface area contributed by atoms with Crippen molar-refractivity contribution in [3.8, 4) is 18.4 Å². The maximum absolute atomic E-state index is 11.9. The third-order valence-corrected chi connectivity index (χ3v) is 2.64. The molecule has 1 N–H and O–H groups in total. The predicted octanol–water partition coefficient (Wildman–Crippen LogP) is 1.84. The summed E-state index contributed by atoms with van der Waals surface area (Å²) >= 11 is 0. The summed E-state index contributed by atoms with van der Waals surface area (Å²) in [6, 6.07) is 2.08. The lowest BCUT2D eigenvalue weighted by Crippen LogP contribution is -2.49. The largest absolute Gasteiger partial charge is 0.339 e. The summed E-state index contributed by atoms with van der Waals surface area (Å²) in [6.45, 7) is 7.13. The van der Waals surface area contributed by atoms with Gasteiger partial charge in [0, 0.05) is 0 Å². The lowest BCUT2D eigenvalue weighted by Gasteiger charge is -2.27. The second-order valence-electron chi connectivity index (χ2n) is 4.12. The van der Waals surface area contributed by atoms with Crippen molar-refractivity contribution in [2.75, 3.05) is 0 Å². The van der Waals surface area contributed by atoms with Gasteiger partial charge in [-0.2, -0.15) is 5.26 Å². The average molecular weight is 206 g/mol. The Kier molecular flexibility index (Phi) is 4.37. The normalized spacial score (nSPS) is 11.3. The Hall–Kier alpha value is -1.48. The molecule has 0 unspecified atom stereocenters. The van der Waals surface area contributed by atoms with E-state index in [-0.39, 0.29) is 5.91 Å². The molecule has 0 aromatic rings. The number of nitriles is 1. The van der Waals surface area contributed by atoms with Crippen LogP contribution < -0.4 is 5.32 Å². The number of carbonyl (C=O) groups excluding carboxylic acids is 1. The number of nitrogens with one attached hydrogen (secondary N) is 1. The van der Waals surface area contributed by atoms with E-state index < -0.39 is 11.0 Å². The van der Waals surface area contributed by atoms with Crippen LogP contribution in [0.1, 0.15) is 40.5 Å². The monoisotopic (exact) mass is 206 g/mol. The third kappa shape index (κ3) is 2.99. The van der Waals surface area contributed by atoms with Crippen molar-refractivity contribution in [2.24, 2.45) is 5.41 Å². The van der Waals surface area contributed by atoms with E-state index in [1.807, 2.05) is 13.8 Å². The number of carbonyl (C=O) groups is 1. The van der Waals surface area contributed by atoms with E-state index in [0.717, 1.165) is 0 Å². The minimum absolute atomic E-state index is 0.280. The molecule has 0 aromatic carbocycles. The van der Waals surface area contributed by atoms with Crippen LogP contribution >= 0.6 is 0 Å². The summed E-state index contributed by atoms with van der Waals surface area (Å²) in [5, 5.41) is 11.8. The molecule has 82 valence electrons. The number of nitrogens with zero attached hydrogens (tertiary/aromatic N) is 1. The van der Waals surface area contributed by atoms with E-state index in [0.29, 0.717) is 12.8 Å². The van der Waals surface area contributed by atoms with Gasteiger partial charge in [0.2, 0.25) is 5.91 Å². The van der Waals surface area contributed by atoms with Crippen LogP contribution in [0, 0.1) is 29.1 Å². The van der Waals surface area contributed by atoms with Crippen molar-refractivity contribution < 1.29 is 4.79 Å².